The van der Waals surface area contributed by atoms with E-state index in [1.54, 1.807) is 0 Å². The second-order valence-electron chi connectivity index (χ2n) is 24.7. The van der Waals surface area contributed by atoms with Crippen molar-refractivity contribution in [2.24, 2.45) is 0 Å². The van der Waals surface area contributed by atoms with Crippen LogP contribution >= 0.6 is 11.3 Å². The molecule has 0 unspecified atom stereocenters. The van der Waals surface area contributed by atoms with Gasteiger partial charge in [-0.3, -0.25) is 0 Å². The number of hydrogen-bond acceptors (Lipinski definition) is 3. The minimum atomic E-state index is -0.143. The Morgan fingerprint density at radius 2 is 1.24 bits per heavy atom. The molecule has 342 valence electrons. The second-order valence-corrected chi connectivity index (χ2v) is 25.8. The largest absolute Gasteiger partial charge is 0.455 e. The van der Waals surface area contributed by atoms with Gasteiger partial charge in [-0.2, -0.15) is 0 Å². The fraction of sp³-hybridized carbons (Fsp3) is 0.262. The van der Waals surface area contributed by atoms with Crippen molar-refractivity contribution in [1.29, 1.82) is 0 Å². The van der Waals surface area contributed by atoms with Crippen molar-refractivity contribution < 1.29 is 4.42 Å². The number of fused-ring (bicyclic) bond motifs is 20. The molecular weight excluding hydrogens is 868 g/mol. The zero-order valence-corrected chi connectivity index (χ0v) is 42.9. The molecule has 15 rings (SSSR count). The Labute approximate surface area is 414 Å². The van der Waals surface area contributed by atoms with Crippen molar-refractivity contribution in [1.82, 2.24) is 4.57 Å². The summed E-state index contributed by atoms with van der Waals surface area (Å²) in [4.78, 5) is 2.74. The van der Waals surface area contributed by atoms with Gasteiger partial charge in [-0.05, 0) is 151 Å². The predicted octanol–water partition coefficient (Wildman–Crippen LogP) is 16.8. The van der Waals surface area contributed by atoms with Crippen molar-refractivity contribution in [3.8, 4) is 27.9 Å². The molecule has 0 radical (unpaired) electrons. The summed E-state index contributed by atoms with van der Waals surface area (Å²) >= 11 is 1.91. The van der Waals surface area contributed by atoms with Crippen LogP contribution in [0.15, 0.2) is 132 Å². The molecule has 70 heavy (non-hydrogen) atoms. The van der Waals surface area contributed by atoms with Crippen LogP contribution in [0.25, 0.3) is 91.9 Å². The lowest BCUT2D eigenvalue weighted by molar-refractivity contribution is 0.332. The number of benzene rings is 8. The first-order chi connectivity index (χ1) is 33.4. The van der Waals surface area contributed by atoms with Gasteiger partial charge in [0.1, 0.15) is 11.2 Å². The molecule has 0 spiro atoms. The highest BCUT2D eigenvalue weighted by Gasteiger charge is 2.47. The standard InChI is InChI=1S/C65H57BN2OS/c1-62(2,3)37-19-22-39(23-20-37)68-51-29-36-27-35-28-47-48(65(9,10)26-25-64(47,7)8)32-43(35)42(36)31-46(51)58-59-60-56(57-41-16-11-13-17-53(41)69-61(57)58)45-30-38(63(4,5)6)21-24-50(45)67(60)52-34-55-44(33-49(52)66(59)68)40-15-12-14-18-54(40)70-55/h11-24,28-34H,25-27H2,1-10H3. The molecule has 0 bridgehead atoms. The van der Waals surface area contributed by atoms with Crippen LogP contribution in [-0.2, 0) is 28.1 Å². The lowest BCUT2D eigenvalue weighted by Crippen LogP contribution is -2.60. The molecule has 0 atom stereocenters. The maximum Gasteiger partial charge on any atom is 0.333 e. The van der Waals surface area contributed by atoms with Gasteiger partial charge < -0.3 is 13.8 Å². The first kappa shape index (κ1) is 41.2. The zero-order valence-electron chi connectivity index (χ0n) is 42.0. The Kier molecular flexibility index (Phi) is 7.80. The number of thiophene rings is 1. The van der Waals surface area contributed by atoms with Crippen molar-refractivity contribution in [2.75, 3.05) is 4.81 Å². The fourth-order valence-electron chi connectivity index (χ4n) is 13.6. The molecular formula is C65H57BN2OS. The van der Waals surface area contributed by atoms with Crippen LogP contribution in [0.4, 0.5) is 11.4 Å². The maximum absolute atomic E-state index is 7.43. The van der Waals surface area contributed by atoms with Gasteiger partial charge in [0.2, 0.25) is 0 Å². The molecule has 0 saturated heterocycles. The lowest BCUT2D eigenvalue weighted by Gasteiger charge is -2.42. The van der Waals surface area contributed by atoms with E-state index < -0.39 is 0 Å². The summed E-state index contributed by atoms with van der Waals surface area (Å²) in [7, 11) is 0. The van der Waals surface area contributed by atoms with Gasteiger partial charge >= 0.3 is 6.85 Å². The molecule has 5 heteroatoms. The van der Waals surface area contributed by atoms with Crippen molar-refractivity contribution in [2.45, 2.75) is 110 Å². The van der Waals surface area contributed by atoms with E-state index in [9.17, 15) is 0 Å². The number of aromatic nitrogens is 1. The van der Waals surface area contributed by atoms with Gasteiger partial charge in [-0.1, -0.05) is 142 Å². The van der Waals surface area contributed by atoms with E-state index in [0.29, 0.717) is 0 Å². The van der Waals surface area contributed by atoms with E-state index in [-0.39, 0.29) is 28.5 Å². The number of nitrogens with zero attached hydrogens (tertiary/aromatic N) is 2. The highest BCUT2D eigenvalue weighted by molar-refractivity contribution is 7.26. The van der Waals surface area contributed by atoms with Crippen LogP contribution in [0, 0.1) is 0 Å². The molecule has 2 aliphatic carbocycles. The topological polar surface area (TPSA) is 21.3 Å². The third kappa shape index (κ3) is 5.32. The van der Waals surface area contributed by atoms with Crippen LogP contribution in [0.2, 0.25) is 0 Å². The van der Waals surface area contributed by atoms with Gasteiger partial charge in [0.15, 0.2) is 0 Å². The number of anilines is 2. The smallest absolute Gasteiger partial charge is 0.333 e. The van der Waals surface area contributed by atoms with Crippen LogP contribution < -0.4 is 15.7 Å². The lowest BCUT2D eigenvalue weighted by atomic mass is 9.43. The van der Waals surface area contributed by atoms with Crippen LogP contribution in [0.3, 0.4) is 0 Å². The first-order valence-electron chi connectivity index (χ1n) is 25.6. The first-order valence-corrected chi connectivity index (χ1v) is 26.4. The van der Waals surface area contributed by atoms with E-state index in [0.717, 1.165) is 17.6 Å². The van der Waals surface area contributed by atoms with Gasteiger partial charge in [-0.15, -0.1) is 11.3 Å². The van der Waals surface area contributed by atoms with Gasteiger partial charge in [0.25, 0.3) is 0 Å². The molecule has 11 aromatic rings. The summed E-state index contributed by atoms with van der Waals surface area (Å²) in [5.74, 6) is 0. The molecule has 0 amide bonds. The molecule has 3 nitrogen and oxygen atoms in total. The van der Waals surface area contributed by atoms with E-state index in [2.05, 4.69) is 206 Å². The highest BCUT2D eigenvalue weighted by Crippen LogP contribution is 2.56. The van der Waals surface area contributed by atoms with E-state index in [1.165, 1.54) is 149 Å². The second kappa shape index (κ2) is 13.2. The van der Waals surface area contributed by atoms with Crippen LogP contribution in [0.1, 0.15) is 115 Å². The summed E-state index contributed by atoms with van der Waals surface area (Å²) < 4.78 is 12.7. The fourth-order valence-corrected chi connectivity index (χ4v) is 14.7. The monoisotopic (exact) mass is 924 g/mol. The number of rotatable bonds is 1. The Hall–Kier alpha value is -6.56. The third-order valence-corrected chi connectivity index (χ3v) is 18.7. The Morgan fingerprint density at radius 1 is 0.571 bits per heavy atom. The van der Waals surface area contributed by atoms with Gasteiger partial charge in [0.05, 0.1) is 11.0 Å². The quantitative estimate of drug-likeness (QED) is 0.153. The maximum atomic E-state index is 7.43. The molecule has 4 aliphatic rings. The van der Waals surface area contributed by atoms with Crippen LogP contribution in [0.5, 0.6) is 0 Å². The summed E-state index contributed by atoms with van der Waals surface area (Å²) in [5, 5.41) is 7.62. The minimum Gasteiger partial charge on any atom is -0.455 e. The summed E-state index contributed by atoms with van der Waals surface area (Å²) in [6, 6.07) is 50.2. The average Bonchev–Trinajstić information content (AvgIpc) is 4.09. The highest BCUT2D eigenvalue weighted by atomic mass is 32.1. The normalized spacial score (nSPS) is 16.4. The average molecular weight is 925 g/mol. The summed E-state index contributed by atoms with van der Waals surface area (Å²) in [6.45, 7) is 23.7. The Bertz CT molecular complexity index is 4180. The molecule has 3 aromatic heterocycles. The van der Waals surface area contributed by atoms with E-state index >= 15 is 0 Å². The van der Waals surface area contributed by atoms with E-state index in [4.69, 9.17) is 4.42 Å². The molecule has 0 fully saturated rings. The summed E-state index contributed by atoms with van der Waals surface area (Å²) in [6.07, 6.45) is 3.33. The zero-order chi connectivity index (χ0) is 47.7. The van der Waals surface area contributed by atoms with E-state index in [1.807, 2.05) is 11.3 Å². The van der Waals surface area contributed by atoms with Gasteiger partial charge in [-0.25, -0.2) is 0 Å². The van der Waals surface area contributed by atoms with Crippen molar-refractivity contribution in [3.63, 3.8) is 0 Å². The Morgan fingerprint density at radius 3 is 2.00 bits per heavy atom. The van der Waals surface area contributed by atoms with Crippen molar-refractivity contribution >= 4 is 104 Å². The number of para-hydroxylation sites is 1. The van der Waals surface area contributed by atoms with Crippen molar-refractivity contribution in [3.05, 3.63) is 161 Å². The number of hydrogen-bond donors (Lipinski definition) is 0. The number of furan rings is 1. The SMILES string of the molecule is CC(C)(C)c1ccc(N2B3c4cc5c(cc4-n4c6ccc(C(C)(C)C)cc6c6c7c(oc8ccccc87)c(c3c64)-c3cc4c(cc32)Cc2cc3c(cc2-4)C(C)(C)CCC3(C)C)sc2ccccc25)cc1. The van der Waals surface area contributed by atoms with Gasteiger partial charge in [0, 0.05) is 69.9 Å². The molecule has 0 saturated carbocycles. The van der Waals surface area contributed by atoms with Crippen LogP contribution in [-0.4, -0.2) is 11.4 Å². The predicted molar refractivity (Wildman–Crippen MR) is 301 cm³/mol. The molecule has 0 N–H and O–H groups in total. The minimum absolute atomic E-state index is 0.0226. The molecule has 8 aromatic carbocycles. The Balaban J connectivity index is 1.14. The molecule has 5 heterocycles. The summed E-state index contributed by atoms with van der Waals surface area (Å²) in [5.41, 5.74) is 25.0. The molecule has 2 aliphatic heterocycles. The third-order valence-electron chi connectivity index (χ3n) is 17.5.